The van der Waals surface area contributed by atoms with E-state index in [0.29, 0.717) is 0 Å². The van der Waals surface area contributed by atoms with Gasteiger partial charge in [-0.1, -0.05) is 170 Å². The molecular weight excluding hydrogens is 639 g/mol. The van der Waals surface area contributed by atoms with Crippen LogP contribution < -0.4 is 4.90 Å². The molecule has 0 saturated carbocycles. The lowest BCUT2D eigenvalue weighted by Gasteiger charge is -2.28. The van der Waals surface area contributed by atoms with Crippen molar-refractivity contribution in [1.29, 1.82) is 0 Å². The molecule has 0 aromatic heterocycles. The molecule has 0 fully saturated rings. The molecule has 53 heavy (non-hydrogen) atoms. The van der Waals surface area contributed by atoms with Crippen molar-refractivity contribution >= 4 is 60.2 Å². The van der Waals surface area contributed by atoms with Gasteiger partial charge in [0.1, 0.15) is 0 Å². The summed E-state index contributed by atoms with van der Waals surface area (Å²) in [5.74, 6) is 0. The van der Waals surface area contributed by atoms with E-state index in [1.165, 1.54) is 76.5 Å². The van der Waals surface area contributed by atoms with Gasteiger partial charge in [0.25, 0.3) is 0 Å². The third kappa shape index (κ3) is 5.51. The van der Waals surface area contributed by atoms with Gasteiger partial charge in [0, 0.05) is 16.9 Å². The van der Waals surface area contributed by atoms with Gasteiger partial charge in [-0.15, -0.1) is 0 Å². The normalized spacial score (nSPS) is 11.4. The molecule has 0 saturated heterocycles. The van der Waals surface area contributed by atoms with Gasteiger partial charge < -0.3 is 4.90 Å². The lowest BCUT2D eigenvalue weighted by molar-refractivity contribution is 1.28. The summed E-state index contributed by atoms with van der Waals surface area (Å²) in [4.78, 5) is 2.39. The summed E-state index contributed by atoms with van der Waals surface area (Å²) in [6, 6.07) is 77.2. The number of anilines is 3. The number of nitrogens with zero attached hydrogens (tertiary/aromatic N) is 1. The molecule has 0 radical (unpaired) electrons. The van der Waals surface area contributed by atoms with Crippen LogP contribution in [0.4, 0.5) is 17.1 Å². The summed E-state index contributed by atoms with van der Waals surface area (Å²) in [7, 11) is 0. The van der Waals surface area contributed by atoms with Gasteiger partial charge in [-0.2, -0.15) is 0 Å². The summed E-state index contributed by atoms with van der Waals surface area (Å²) in [5.41, 5.74) is 10.5. The third-order valence-corrected chi connectivity index (χ3v) is 10.6. The van der Waals surface area contributed by atoms with Crippen molar-refractivity contribution in [2.75, 3.05) is 4.90 Å². The Bertz CT molecular complexity index is 2920. The Morgan fingerprint density at radius 2 is 0.792 bits per heavy atom. The van der Waals surface area contributed by atoms with Gasteiger partial charge >= 0.3 is 0 Å². The Hall–Kier alpha value is -6.96. The van der Waals surface area contributed by atoms with Crippen molar-refractivity contribution in [3.8, 4) is 33.4 Å². The first-order valence-electron chi connectivity index (χ1n) is 18.3. The van der Waals surface area contributed by atoms with E-state index in [1.54, 1.807) is 0 Å². The molecule has 0 N–H and O–H groups in total. The van der Waals surface area contributed by atoms with Gasteiger partial charge in [0.2, 0.25) is 0 Å². The summed E-state index contributed by atoms with van der Waals surface area (Å²) in [5, 5.41) is 10.2. The van der Waals surface area contributed by atoms with Crippen molar-refractivity contribution < 1.29 is 0 Å². The molecule has 248 valence electrons. The number of fused-ring (bicyclic) bond motifs is 6. The highest BCUT2D eigenvalue weighted by Crippen LogP contribution is 2.44. The first-order chi connectivity index (χ1) is 26.3. The zero-order valence-corrected chi connectivity index (χ0v) is 29.2. The smallest absolute Gasteiger partial charge is 0.0540 e. The predicted octanol–water partition coefficient (Wildman–Crippen LogP) is 14.8. The van der Waals surface area contributed by atoms with Gasteiger partial charge in [-0.25, -0.2) is 0 Å². The molecule has 10 aromatic rings. The second-order valence-electron chi connectivity index (χ2n) is 13.7. The average Bonchev–Trinajstić information content (AvgIpc) is 3.24. The summed E-state index contributed by atoms with van der Waals surface area (Å²) in [6.45, 7) is 0. The lowest BCUT2D eigenvalue weighted by Crippen LogP contribution is -2.11. The molecule has 0 aliphatic carbocycles. The Labute approximate surface area is 309 Å². The van der Waals surface area contributed by atoms with Crippen LogP contribution in [0.15, 0.2) is 212 Å². The minimum atomic E-state index is 1.11. The molecule has 0 unspecified atom stereocenters. The van der Waals surface area contributed by atoms with Gasteiger partial charge in [0.05, 0.1) is 5.69 Å². The minimum Gasteiger partial charge on any atom is -0.310 e. The quantitative estimate of drug-likeness (QED) is 0.159. The largest absolute Gasteiger partial charge is 0.310 e. The van der Waals surface area contributed by atoms with Crippen molar-refractivity contribution in [2.24, 2.45) is 0 Å². The van der Waals surface area contributed by atoms with Crippen molar-refractivity contribution in [3.05, 3.63) is 212 Å². The fourth-order valence-electron chi connectivity index (χ4n) is 8.05. The van der Waals surface area contributed by atoms with E-state index in [4.69, 9.17) is 0 Å². The highest BCUT2D eigenvalue weighted by Gasteiger charge is 2.19. The van der Waals surface area contributed by atoms with E-state index in [2.05, 4.69) is 217 Å². The summed E-state index contributed by atoms with van der Waals surface area (Å²) < 4.78 is 0. The lowest BCUT2D eigenvalue weighted by atomic mass is 9.92. The Morgan fingerprint density at radius 1 is 0.264 bits per heavy atom. The van der Waals surface area contributed by atoms with Gasteiger partial charge in [-0.3, -0.25) is 0 Å². The maximum atomic E-state index is 2.39. The third-order valence-electron chi connectivity index (χ3n) is 10.6. The molecule has 0 heterocycles. The fourth-order valence-corrected chi connectivity index (χ4v) is 8.05. The van der Waals surface area contributed by atoms with Gasteiger partial charge in [-0.05, 0) is 113 Å². The zero-order chi connectivity index (χ0) is 35.1. The highest BCUT2D eigenvalue weighted by atomic mass is 15.1. The first kappa shape index (κ1) is 30.8. The van der Waals surface area contributed by atoms with E-state index in [0.717, 1.165) is 17.1 Å². The number of para-hydroxylation sites is 1. The topological polar surface area (TPSA) is 3.24 Å². The van der Waals surface area contributed by atoms with Crippen LogP contribution in [0.2, 0.25) is 0 Å². The highest BCUT2D eigenvalue weighted by molar-refractivity contribution is 6.20. The van der Waals surface area contributed by atoms with E-state index in [1.807, 2.05) is 0 Å². The summed E-state index contributed by atoms with van der Waals surface area (Å²) >= 11 is 0. The standard InChI is InChI=1S/C52H35N/c1-3-12-37(13-4-1)50-35-42(41-28-32-49-43(34-41)25-24-40-23-22-38-15-8-10-20-48(38)52(40)49)29-33-51(50)53(44-17-5-2-6-18-44)45-30-26-39(27-31-45)47-21-11-16-36-14-7-9-19-46(36)47/h1-35H. The molecule has 1 nitrogen and oxygen atoms in total. The maximum absolute atomic E-state index is 2.39. The van der Waals surface area contributed by atoms with E-state index in [-0.39, 0.29) is 0 Å². The Balaban J connectivity index is 1.11. The predicted molar refractivity (Wildman–Crippen MR) is 227 cm³/mol. The summed E-state index contributed by atoms with van der Waals surface area (Å²) in [6.07, 6.45) is 0. The zero-order valence-electron chi connectivity index (χ0n) is 29.2. The van der Waals surface area contributed by atoms with Crippen LogP contribution in [-0.4, -0.2) is 0 Å². The molecule has 0 aliphatic rings. The number of hydrogen-bond acceptors (Lipinski definition) is 1. The molecular formula is C52H35N. The first-order valence-corrected chi connectivity index (χ1v) is 18.3. The monoisotopic (exact) mass is 673 g/mol. The second-order valence-corrected chi connectivity index (χ2v) is 13.7. The molecule has 0 atom stereocenters. The number of rotatable bonds is 6. The number of benzene rings is 10. The maximum Gasteiger partial charge on any atom is 0.0540 e. The minimum absolute atomic E-state index is 1.11. The van der Waals surface area contributed by atoms with Gasteiger partial charge in [0.15, 0.2) is 0 Å². The molecule has 0 amide bonds. The molecule has 10 rings (SSSR count). The fraction of sp³-hybridized carbons (Fsp3) is 0. The second kappa shape index (κ2) is 13.0. The Morgan fingerprint density at radius 3 is 1.58 bits per heavy atom. The van der Waals surface area contributed by atoms with E-state index in [9.17, 15) is 0 Å². The molecule has 0 spiro atoms. The van der Waals surface area contributed by atoms with Crippen LogP contribution in [-0.2, 0) is 0 Å². The average molecular weight is 674 g/mol. The van der Waals surface area contributed by atoms with Crippen LogP contribution in [0, 0.1) is 0 Å². The van der Waals surface area contributed by atoms with Crippen LogP contribution >= 0.6 is 0 Å². The van der Waals surface area contributed by atoms with E-state index >= 15 is 0 Å². The Kier molecular flexibility index (Phi) is 7.55. The molecule has 10 aromatic carbocycles. The SMILES string of the molecule is c1ccc(-c2cc(-c3ccc4c(ccc5ccc6ccccc6c54)c3)ccc2N(c2ccccc2)c2ccc(-c3cccc4ccccc34)cc2)cc1. The van der Waals surface area contributed by atoms with Crippen molar-refractivity contribution in [3.63, 3.8) is 0 Å². The number of hydrogen-bond donors (Lipinski definition) is 0. The molecule has 1 heteroatoms. The van der Waals surface area contributed by atoms with Crippen LogP contribution in [0.5, 0.6) is 0 Å². The van der Waals surface area contributed by atoms with Crippen LogP contribution in [0.1, 0.15) is 0 Å². The molecule has 0 bridgehead atoms. The van der Waals surface area contributed by atoms with Crippen molar-refractivity contribution in [1.82, 2.24) is 0 Å². The van der Waals surface area contributed by atoms with Crippen molar-refractivity contribution in [2.45, 2.75) is 0 Å². The van der Waals surface area contributed by atoms with Crippen LogP contribution in [0.3, 0.4) is 0 Å². The van der Waals surface area contributed by atoms with E-state index < -0.39 is 0 Å². The molecule has 0 aliphatic heterocycles. The van der Waals surface area contributed by atoms with Crippen LogP contribution in [0.25, 0.3) is 76.5 Å².